The molecule has 5 nitrogen and oxygen atoms in total. The number of carboxylic acid groups (broad SMARTS) is 1. The lowest BCUT2D eigenvalue weighted by molar-refractivity contribution is -0.150. The third-order valence-corrected chi connectivity index (χ3v) is 5.25. The number of carbonyl (C=O) groups excluding carboxylic acids is 1. The second kappa shape index (κ2) is 8.14. The van der Waals surface area contributed by atoms with Crippen molar-refractivity contribution < 1.29 is 19.4 Å². The van der Waals surface area contributed by atoms with Crippen LogP contribution < -0.4 is 0 Å². The van der Waals surface area contributed by atoms with E-state index in [1.54, 1.807) is 0 Å². The van der Waals surface area contributed by atoms with Crippen molar-refractivity contribution in [2.45, 2.75) is 24.1 Å². The smallest absolute Gasteiger partial charge is 0.307 e. The Kier molecular flexibility index (Phi) is 6.21. The summed E-state index contributed by atoms with van der Waals surface area (Å²) in [6, 6.07) is 7.76. The molecule has 1 aromatic heterocycles. The largest absolute Gasteiger partial charge is 0.481 e. The molecule has 2 aromatic rings. The van der Waals surface area contributed by atoms with Crippen LogP contribution in [-0.4, -0.2) is 34.4 Å². The minimum Gasteiger partial charge on any atom is -0.481 e. The maximum Gasteiger partial charge on any atom is 0.307 e. The van der Waals surface area contributed by atoms with Crippen molar-refractivity contribution in [1.29, 1.82) is 0 Å². The molecule has 22 heavy (non-hydrogen) atoms. The quantitative estimate of drug-likeness (QED) is 0.586. The minimum atomic E-state index is -0.984. The molecular formula is C15H17NO4S2. The van der Waals surface area contributed by atoms with Gasteiger partial charge in [0, 0.05) is 5.75 Å². The second-order valence-corrected chi connectivity index (χ2v) is 7.02. The fourth-order valence-corrected chi connectivity index (χ4v) is 3.95. The number of fused-ring (bicyclic) bond motifs is 1. The number of nitrogens with zero attached hydrogens (tertiary/aromatic N) is 1. The molecule has 1 atom stereocenters. The van der Waals surface area contributed by atoms with Crippen LogP contribution in [0.15, 0.2) is 28.6 Å². The highest BCUT2D eigenvalue weighted by molar-refractivity contribution is 8.01. The second-order valence-electron chi connectivity index (χ2n) is 4.72. The number of thiazole rings is 1. The molecule has 0 saturated heterocycles. The lowest BCUT2D eigenvalue weighted by Crippen LogP contribution is -2.21. The summed E-state index contributed by atoms with van der Waals surface area (Å²) in [5.41, 5.74) is 0.907. The Morgan fingerprint density at radius 3 is 2.86 bits per heavy atom. The third-order valence-electron chi connectivity index (χ3n) is 2.91. The van der Waals surface area contributed by atoms with Crippen LogP contribution in [0.25, 0.3) is 10.2 Å². The SMILES string of the molecule is CCCOC(=O)CC(CSc1nc2ccccc2s1)C(=O)O. The van der Waals surface area contributed by atoms with Crippen molar-refractivity contribution in [3.05, 3.63) is 24.3 Å². The van der Waals surface area contributed by atoms with Crippen LogP contribution in [0.2, 0.25) is 0 Å². The molecule has 2 rings (SSSR count). The van der Waals surface area contributed by atoms with E-state index in [4.69, 9.17) is 4.74 Å². The van der Waals surface area contributed by atoms with Crippen LogP contribution in [-0.2, 0) is 14.3 Å². The fraction of sp³-hybridized carbons (Fsp3) is 0.400. The number of para-hydroxylation sites is 1. The number of carboxylic acids is 1. The number of rotatable bonds is 8. The molecule has 0 bridgehead atoms. The molecule has 0 spiro atoms. The lowest BCUT2D eigenvalue weighted by atomic mass is 10.1. The van der Waals surface area contributed by atoms with Gasteiger partial charge in [-0.2, -0.15) is 0 Å². The van der Waals surface area contributed by atoms with E-state index in [2.05, 4.69) is 4.98 Å². The summed E-state index contributed by atoms with van der Waals surface area (Å²) in [4.78, 5) is 27.3. The van der Waals surface area contributed by atoms with Gasteiger partial charge in [0.15, 0.2) is 4.34 Å². The number of carbonyl (C=O) groups is 2. The maximum absolute atomic E-state index is 11.6. The van der Waals surface area contributed by atoms with Crippen molar-refractivity contribution in [3.8, 4) is 0 Å². The first-order valence-corrected chi connectivity index (χ1v) is 8.77. The van der Waals surface area contributed by atoms with Crippen LogP contribution in [0.1, 0.15) is 19.8 Å². The Bertz CT molecular complexity index is 623. The number of ether oxygens (including phenoxy) is 1. The molecule has 1 heterocycles. The van der Waals surface area contributed by atoms with E-state index in [0.717, 1.165) is 21.0 Å². The average Bonchev–Trinajstić information content (AvgIpc) is 2.91. The van der Waals surface area contributed by atoms with Crippen molar-refractivity contribution >= 4 is 45.3 Å². The number of aromatic nitrogens is 1. The van der Waals surface area contributed by atoms with Gasteiger partial charge in [-0.15, -0.1) is 11.3 Å². The van der Waals surface area contributed by atoms with Gasteiger partial charge in [0.25, 0.3) is 0 Å². The molecule has 1 N–H and O–H groups in total. The Balaban J connectivity index is 1.93. The van der Waals surface area contributed by atoms with Crippen molar-refractivity contribution in [3.63, 3.8) is 0 Å². The molecule has 0 aliphatic rings. The Morgan fingerprint density at radius 1 is 1.41 bits per heavy atom. The number of hydrogen-bond acceptors (Lipinski definition) is 6. The molecule has 0 aliphatic carbocycles. The molecule has 0 saturated carbocycles. The van der Waals surface area contributed by atoms with E-state index in [9.17, 15) is 14.7 Å². The first kappa shape index (κ1) is 16.8. The van der Waals surface area contributed by atoms with Crippen molar-refractivity contribution in [2.24, 2.45) is 5.92 Å². The van der Waals surface area contributed by atoms with Gasteiger partial charge in [0.05, 0.1) is 29.2 Å². The molecule has 0 radical (unpaired) electrons. The molecule has 0 amide bonds. The summed E-state index contributed by atoms with van der Waals surface area (Å²) in [6.45, 7) is 2.22. The lowest BCUT2D eigenvalue weighted by Gasteiger charge is -2.10. The normalized spacial score (nSPS) is 12.2. The van der Waals surface area contributed by atoms with Crippen LogP contribution >= 0.6 is 23.1 Å². The van der Waals surface area contributed by atoms with Crippen molar-refractivity contribution in [2.75, 3.05) is 12.4 Å². The minimum absolute atomic E-state index is 0.104. The average molecular weight is 339 g/mol. The van der Waals surface area contributed by atoms with Crippen LogP contribution in [0.5, 0.6) is 0 Å². The number of thioether (sulfide) groups is 1. The van der Waals surface area contributed by atoms with Crippen LogP contribution in [0.4, 0.5) is 0 Å². The van der Waals surface area contributed by atoms with E-state index in [1.165, 1.54) is 23.1 Å². The van der Waals surface area contributed by atoms with Crippen LogP contribution in [0.3, 0.4) is 0 Å². The zero-order chi connectivity index (χ0) is 15.9. The topological polar surface area (TPSA) is 76.5 Å². The summed E-state index contributed by atoms with van der Waals surface area (Å²) in [5.74, 6) is -1.90. The molecule has 0 aliphatic heterocycles. The summed E-state index contributed by atoms with van der Waals surface area (Å²) < 4.78 is 6.83. The highest BCUT2D eigenvalue weighted by Gasteiger charge is 2.23. The first-order chi connectivity index (χ1) is 10.6. The Labute approximate surface area is 136 Å². The molecule has 118 valence electrons. The highest BCUT2D eigenvalue weighted by atomic mass is 32.2. The predicted octanol–water partition coefficient (Wildman–Crippen LogP) is 3.43. The fourth-order valence-electron chi connectivity index (χ4n) is 1.78. The zero-order valence-electron chi connectivity index (χ0n) is 12.2. The third kappa shape index (κ3) is 4.71. The van der Waals surface area contributed by atoms with Gasteiger partial charge >= 0.3 is 11.9 Å². The molecule has 0 fully saturated rings. The van der Waals surface area contributed by atoms with E-state index in [1.807, 2.05) is 31.2 Å². The van der Waals surface area contributed by atoms with Gasteiger partial charge in [-0.1, -0.05) is 30.8 Å². The molecule has 1 unspecified atom stereocenters. The van der Waals surface area contributed by atoms with Gasteiger partial charge < -0.3 is 9.84 Å². The molecule has 1 aromatic carbocycles. The maximum atomic E-state index is 11.6. The van der Waals surface area contributed by atoms with E-state index in [0.29, 0.717) is 12.4 Å². The highest BCUT2D eigenvalue weighted by Crippen LogP contribution is 2.31. The predicted molar refractivity (Wildman–Crippen MR) is 87.3 cm³/mol. The van der Waals surface area contributed by atoms with Gasteiger partial charge in [-0.05, 0) is 18.6 Å². The summed E-state index contributed by atoms with van der Waals surface area (Å²) in [7, 11) is 0. The van der Waals surface area contributed by atoms with Gasteiger partial charge in [-0.25, -0.2) is 4.98 Å². The van der Waals surface area contributed by atoms with E-state index < -0.39 is 17.9 Å². The molecular weight excluding hydrogens is 322 g/mol. The van der Waals surface area contributed by atoms with E-state index in [-0.39, 0.29) is 6.42 Å². The number of benzene rings is 1. The van der Waals surface area contributed by atoms with E-state index >= 15 is 0 Å². The summed E-state index contributed by atoms with van der Waals surface area (Å²) >= 11 is 2.89. The summed E-state index contributed by atoms with van der Waals surface area (Å²) in [5, 5.41) is 9.23. The van der Waals surface area contributed by atoms with Gasteiger partial charge in [0.1, 0.15) is 0 Å². The molecule has 7 heteroatoms. The Morgan fingerprint density at radius 2 is 2.18 bits per heavy atom. The summed E-state index contributed by atoms with van der Waals surface area (Å²) in [6.07, 6.45) is 0.622. The monoisotopic (exact) mass is 339 g/mol. The number of aliphatic carboxylic acids is 1. The number of esters is 1. The standard InChI is InChI=1S/C15H17NO4S2/c1-2-7-20-13(17)8-10(14(18)19)9-21-15-16-11-5-3-4-6-12(11)22-15/h3-6,10H,2,7-9H2,1H3,(H,18,19). The van der Waals surface area contributed by atoms with Crippen LogP contribution in [0, 0.1) is 5.92 Å². The van der Waals surface area contributed by atoms with Crippen molar-refractivity contribution in [1.82, 2.24) is 4.98 Å². The number of hydrogen-bond donors (Lipinski definition) is 1. The van der Waals surface area contributed by atoms with Gasteiger partial charge in [0.2, 0.25) is 0 Å². The van der Waals surface area contributed by atoms with Gasteiger partial charge in [-0.3, -0.25) is 9.59 Å². The first-order valence-electron chi connectivity index (χ1n) is 6.97. The Hall–Kier alpha value is -1.60. The zero-order valence-corrected chi connectivity index (χ0v) is 13.8.